The normalized spacial score (nSPS) is 25.3. The summed E-state index contributed by atoms with van der Waals surface area (Å²) in [5.41, 5.74) is 6.88. The molecule has 3 atom stereocenters. The largest absolute Gasteiger partial charge is 0.0946 e. The number of rotatable bonds is 6. The summed E-state index contributed by atoms with van der Waals surface area (Å²) >= 11 is 1.86. The first kappa shape index (κ1) is 28.7. The molecule has 0 bridgehead atoms. The SMILES string of the molecule is C=C1/C=C\C=C/CC(CC)C(/C=C\C=C/C)C12C(=C)/C(=C\Cc1ccccc1)Sc1cccc(-c3ccccc3)c12. The molecule has 1 spiro atoms. The quantitative estimate of drug-likeness (QED) is 0.274. The Morgan fingerprint density at radius 2 is 1.66 bits per heavy atom. The Bertz CT molecular complexity index is 1530. The summed E-state index contributed by atoms with van der Waals surface area (Å²) in [6, 6.07) is 28.3. The minimum atomic E-state index is -0.503. The Balaban J connectivity index is 1.84. The highest BCUT2D eigenvalue weighted by atomic mass is 32.2. The van der Waals surface area contributed by atoms with Crippen LogP contribution in [0.15, 0.2) is 168 Å². The van der Waals surface area contributed by atoms with Crippen LogP contribution in [0.1, 0.15) is 37.8 Å². The average Bonchev–Trinajstić information content (AvgIpc) is 3.07. The molecule has 1 heteroatoms. The van der Waals surface area contributed by atoms with E-state index in [2.05, 4.69) is 147 Å². The van der Waals surface area contributed by atoms with Crippen LogP contribution in [0, 0.1) is 11.8 Å². The Hall–Kier alpha value is -3.81. The van der Waals surface area contributed by atoms with Gasteiger partial charge in [0.05, 0.1) is 5.41 Å². The van der Waals surface area contributed by atoms with Crippen LogP contribution in [0.2, 0.25) is 0 Å². The zero-order valence-electron chi connectivity index (χ0n) is 24.3. The standard InChI is InChI=1S/C40H40S/c1-5-7-11-26-36-33(6-2)22-15-8-12-19-30(3)40(36)31(4)37(29-28-32-20-13-9-14-21-32)41-38-27-18-25-35(39(38)40)34-23-16-10-17-24-34/h5,7-21,23-27,29,33,36H,3-4,6,22,28H2,1-2H3/b7-5-,15-8-,19-12-,26-11-,37-29+. The smallest absolute Gasteiger partial charge is 0.0533 e. The zero-order valence-corrected chi connectivity index (χ0v) is 25.1. The lowest BCUT2D eigenvalue weighted by atomic mass is 9.56. The van der Waals surface area contributed by atoms with E-state index in [1.54, 1.807) is 0 Å². The van der Waals surface area contributed by atoms with Gasteiger partial charge < -0.3 is 0 Å². The second kappa shape index (κ2) is 13.2. The molecule has 0 amide bonds. The van der Waals surface area contributed by atoms with Crippen LogP contribution in [0.25, 0.3) is 11.1 Å². The first-order valence-electron chi connectivity index (χ1n) is 14.7. The molecule has 1 heterocycles. The third-order valence-corrected chi connectivity index (χ3v) is 9.70. The van der Waals surface area contributed by atoms with E-state index in [4.69, 9.17) is 13.2 Å². The molecule has 0 N–H and O–H groups in total. The number of benzene rings is 3. The van der Waals surface area contributed by atoms with Gasteiger partial charge in [-0.05, 0) is 71.1 Å². The highest BCUT2D eigenvalue weighted by Gasteiger charge is 2.51. The van der Waals surface area contributed by atoms with Gasteiger partial charge in [-0.3, -0.25) is 0 Å². The van der Waals surface area contributed by atoms with Crippen molar-refractivity contribution in [3.05, 3.63) is 174 Å². The van der Waals surface area contributed by atoms with Crippen LogP contribution in [-0.4, -0.2) is 0 Å². The van der Waals surface area contributed by atoms with Gasteiger partial charge in [0.25, 0.3) is 0 Å². The maximum atomic E-state index is 4.96. The second-order valence-electron chi connectivity index (χ2n) is 10.8. The molecule has 3 unspecified atom stereocenters. The maximum Gasteiger partial charge on any atom is 0.0533 e. The maximum absolute atomic E-state index is 4.96. The Kier molecular flexibility index (Phi) is 9.27. The summed E-state index contributed by atoms with van der Waals surface area (Å²) in [4.78, 5) is 2.53. The Morgan fingerprint density at radius 1 is 0.902 bits per heavy atom. The van der Waals surface area contributed by atoms with Crippen molar-refractivity contribution < 1.29 is 0 Å². The van der Waals surface area contributed by atoms with Crippen LogP contribution in [0.5, 0.6) is 0 Å². The number of allylic oxidation sites excluding steroid dienone is 11. The van der Waals surface area contributed by atoms with Crippen molar-refractivity contribution in [3.63, 3.8) is 0 Å². The summed E-state index contributed by atoms with van der Waals surface area (Å²) in [6.07, 6.45) is 23.2. The summed E-state index contributed by atoms with van der Waals surface area (Å²) < 4.78 is 0. The number of thioether (sulfide) groups is 1. The van der Waals surface area contributed by atoms with Crippen molar-refractivity contribution in [2.24, 2.45) is 11.8 Å². The van der Waals surface area contributed by atoms with Crippen LogP contribution in [-0.2, 0) is 11.8 Å². The lowest BCUT2D eigenvalue weighted by Gasteiger charge is -2.50. The fourth-order valence-electron chi connectivity index (χ4n) is 6.48. The molecular weight excluding hydrogens is 513 g/mol. The molecule has 0 nitrogen and oxygen atoms in total. The minimum absolute atomic E-state index is 0.167. The lowest BCUT2D eigenvalue weighted by molar-refractivity contribution is 0.293. The van der Waals surface area contributed by atoms with Crippen molar-refractivity contribution in [2.75, 3.05) is 0 Å². The van der Waals surface area contributed by atoms with Crippen LogP contribution in [0.4, 0.5) is 0 Å². The molecular formula is C40H40S. The van der Waals surface area contributed by atoms with E-state index in [0.29, 0.717) is 5.92 Å². The molecule has 5 rings (SSSR count). The number of hydrogen-bond acceptors (Lipinski definition) is 1. The predicted octanol–water partition coefficient (Wildman–Crippen LogP) is 11.2. The third kappa shape index (κ3) is 5.69. The lowest BCUT2D eigenvalue weighted by Crippen LogP contribution is -2.44. The summed E-state index contributed by atoms with van der Waals surface area (Å²) in [7, 11) is 0. The topological polar surface area (TPSA) is 0 Å². The first-order chi connectivity index (χ1) is 20.1. The number of hydrogen-bond donors (Lipinski definition) is 0. The summed E-state index contributed by atoms with van der Waals surface area (Å²) in [6.45, 7) is 14.2. The molecule has 1 aliphatic heterocycles. The van der Waals surface area contributed by atoms with E-state index in [1.165, 1.54) is 32.1 Å². The highest BCUT2D eigenvalue weighted by Crippen LogP contribution is 2.62. The zero-order chi connectivity index (χ0) is 28.7. The highest BCUT2D eigenvalue weighted by molar-refractivity contribution is 8.03. The predicted molar refractivity (Wildman–Crippen MR) is 180 cm³/mol. The van der Waals surface area contributed by atoms with Gasteiger partial charge in [0.2, 0.25) is 0 Å². The van der Waals surface area contributed by atoms with Gasteiger partial charge in [-0.1, -0.05) is 166 Å². The van der Waals surface area contributed by atoms with Gasteiger partial charge in [-0.15, -0.1) is 0 Å². The molecule has 0 radical (unpaired) electrons. The van der Waals surface area contributed by atoms with Gasteiger partial charge in [0.15, 0.2) is 0 Å². The van der Waals surface area contributed by atoms with Gasteiger partial charge >= 0.3 is 0 Å². The van der Waals surface area contributed by atoms with E-state index in [9.17, 15) is 0 Å². The van der Waals surface area contributed by atoms with Gasteiger partial charge in [0.1, 0.15) is 0 Å². The number of fused-ring (bicyclic) bond motifs is 2. The Labute approximate surface area is 251 Å². The molecule has 0 fully saturated rings. The van der Waals surface area contributed by atoms with Crippen molar-refractivity contribution in [1.29, 1.82) is 0 Å². The second-order valence-corrected chi connectivity index (χ2v) is 11.9. The molecule has 0 aromatic heterocycles. The van der Waals surface area contributed by atoms with E-state index < -0.39 is 5.41 Å². The van der Waals surface area contributed by atoms with Crippen LogP contribution in [0.3, 0.4) is 0 Å². The fraction of sp³-hybridized carbons (Fsp3) is 0.200. The van der Waals surface area contributed by atoms with Gasteiger partial charge in [-0.2, -0.15) is 0 Å². The van der Waals surface area contributed by atoms with Crippen molar-refractivity contribution >= 4 is 11.8 Å². The molecule has 3 aromatic carbocycles. The molecule has 41 heavy (non-hydrogen) atoms. The summed E-state index contributed by atoms with van der Waals surface area (Å²) in [5, 5.41) is 0. The molecule has 3 aromatic rings. The fourth-order valence-corrected chi connectivity index (χ4v) is 7.69. The van der Waals surface area contributed by atoms with E-state index in [-0.39, 0.29) is 5.92 Å². The minimum Gasteiger partial charge on any atom is -0.0946 e. The molecule has 0 saturated carbocycles. The molecule has 1 aliphatic carbocycles. The van der Waals surface area contributed by atoms with Crippen molar-refractivity contribution in [1.82, 2.24) is 0 Å². The molecule has 206 valence electrons. The van der Waals surface area contributed by atoms with Gasteiger partial charge in [0, 0.05) is 9.80 Å². The van der Waals surface area contributed by atoms with E-state index >= 15 is 0 Å². The van der Waals surface area contributed by atoms with Crippen molar-refractivity contribution in [3.8, 4) is 11.1 Å². The average molecular weight is 553 g/mol. The first-order valence-corrected chi connectivity index (χ1v) is 15.6. The Morgan fingerprint density at radius 3 is 2.39 bits per heavy atom. The van der Waals surface area contributed by atoms with Crippen LogP contribution < -0.4 is 0 Å². The summed E-state index contributed by atoms with van der Waals surface area (Å²) in [5.74, 6) is 0.581. The van der Waals surface area contributed by atoms with Crippen molar-refractivity contribution in [2.45, 2.75) is 43.4 Å². The molecule has 0 saturated heterocycles. The van der Waals surface area contributed by atoms with E-state index in [0.717, 1.165) is 30.4 Å². The molecule has 2 aliphatic rings. The van der Waals surface area contributed by atoms with E-state index in [1.807, 2.05) is 11.8 Å². The monoisotopic (exact) mass is 552 g/mol. The third-order valence-electron chi connectivity index (χ3n) is 8.51. The van der Waals surface area contributed by atoms with Gasteiger partial charge in [-0.25, -0.2) is 0 Å². The van der Waals surface area contributed by atoms with Crippen LogP contribution >= 0.6 is 11.8 Å².